The maximum absolute atomic E-state index is 13.8. The standard InChI is InChI=1S/C36H50O9Si2/c1-19-18-22-26-30(24(19)32-33(42-32)28(43-46(10,11)12)20(2)27(38)34-40-16-17-41-34)44-47(35(3,4)5,36(6,7)8)45-31(26)25-21(29(22)39-9)14-13-15-23(25)37/h18,28,32-34H,2,13-17H2,1,3-12H3/t28?,32?,33-/m1/s1. The van der Waals surface area contributed by atoms with Crippen LogP contribution in [0, 0.1) is 6.92 Å². The lowest BCUT2D eigenvalue weighted by Gasteiger charge is -2.51. The van der Waals surface area contributed by atoms with Crippen LogP contribution in [-0.2, 0) is 29.9 Å². The lowest BCUT2D eigenvalue weighted by atomic mass is 9.84. The molecule has 0 amide bonds. The zero-order valence-electron chi connectivity index (χ0n) is 29.8. The average molecular weight is 683 g/mol. The van der Waals surface area contributed by atoms with Crippen molar-refractivity contribution in [3.8, 4) is 17.2 Å². The number of Topliss-reactive ketones (excluding diaryl/α,β-unsaturated/α-hetero) is 2. The Bertz CT molecular complexity index is 1640. The summed E-state index contributed by atoms with van der Waals surface area (Å²) >= 11 is 0. The Morgan fingerprint density at radius 1 is 1.02 bits per heavy atom. The highest BCUT2D eigenvalue weighted by Gasteiger charge is 2.65. The number of epoxide rings is 1. The first-order chi connectivity index (χ1) is 21.8. The van der Waals surface area contributed by atoms with E-state index in [0.717, 1.165) is 40.3 Å². The molecule has 1 aliphatic carbocycles. The number of methoxy groups -OCH3 is 1. The molecule has 3 atom stereocenters. The highest BCUT2D eigenvalue weighted by molar-refractivity contribution is 6.75. The van der Waals surface area contributed by atoms with Crippen LogP contribution >= 0.6 is 0 Å². The van der Waals surface area contributed by atoms with Gasteiger partial charge in [-0.2, -0.15) is 0 Å². The van der Waals surface area contributed by atoms with E-state index in [-0.39, 0.29) is 27.2 Å². The Morgan fingerprint density at radius 3 is 2.21 bits per heavy atom. The summed E-state index contributed by atoms with van der Waals surface area (Å²) in [4.78, 5) is 27.2. The number of fused-ring (bicyclic) bond motifs is 2. The maximum Gasteiger partial charge on any atom is 0.471 e. The normalized spacial score (nSPS) is 23.2. The highest BCUT2D eigenvalue weighted by atomic mass is 28.4. The molecule has 6 rings (SSSR count). The first kappa shape index (κ1) is 34.3. The van der Waals surface area contributed by atoms with Gasteiger partial charge < -0.3 is 32.2 Å². The molecule has 11 heteroatoms. The molecule has 2 saturated heterocycles. The fourth-order valence-electron chi connectivity index (χ4n) is 7.77. The van der Waals surface area contributed by atoms with Crippen LogP contribution in [0.1, 0.15) is 87.5 Å². The molecule has 3 aliphatic heterocycles. The number of rotatable bonds is 8. The van der Waals surface area contributed by atoms with Gasteiger partial charge in [-0.3, -0.25) is 9.59 Å². The second-order valence-corrected chi connectivity index (χ2v) is 25.4. The smallest absolute Gasteiger partial charge is 0.471 e. The number of ether oxygens (including phenoxy) is 4. The Balaban J connectivity index is 1.56. The summed E-state index contributed by atoms with van der Waals surface area (Å²) in [6.07, 6.45) is -0.642. The van der Waals surface area contributed by atoms with E-state index in [2.05, 4.69) is 80.8 Å². The van der Waals surface area contributed by atoms with Crippen molar-refractivity contribution in [1.82, 2.24) is 0 Å². The lowest BCUT2D eigenvalue weighted by molar-refractivity contribution is -0.141. The van der Waals surface area contributed by atoms with E-state index < -0.39 is 41.5 Å². The number of ketones is 2. The number of carbonyl (C=O) groups is 2. The third kappa shape index (κ3) is 5.60. The van der Waals surface area contributed by atoms with Gasteiger partial charge in [-0.1, -0.05) is 48.1 Å². The number of hydrogen-bond donors (Lipinski definition) is 0. The summed E-state index contributed by atoms with van der Waals surface area (Å²) in [5.41, 5.74) is 3.64. The van der Waals surface area contributed by atoms with Crippen molar-refractivity contribution in [3.05, 3.63) is 40.5 Å². The van der Waals surface area contributed by atoms with Crippen LogP contribution in [0.25, 0.3) is 10.8 Å². The maximum atomic E-state index is 13.8. The van der Waals surface area contributed by atoms with E-state index >= 15 is 0 Å². The predicted octanol–water partition coefficient (Wildman–Crippen LogP) is 7.65. The second kappa shape index (κ2) is 11.5. The van der Waals surface area contributed by atoms with Crippen LogP contribution in [0.3, 0.4) is 0 Å². The fourth-order valence-corrected chi connectivity index (χ4v) is 13.3. The first-order valence-electron chi connectivity index (χ1n) is 16.7. The van der Waals surface area contributed by atoms with Crippen LogP contribution in [0.5, 0.6) is 17.2 Å². The van der Waals surface area contributed by atoms with Crippen molar-refractivity contribution in [1.29, 1.82) is 0 Å². The zero-order valence-corrected chi connectivity index (χ0v) is 31.8. The molecule has 4 aliphatic rings. The fraction of sp³-hybridized carbons (Fsp3) is 0.611. The van der Waals surface area contributed by atoms with Crippen LogP contribution < -0.4 is 13.6 Å². The molecule has 47 heavy (non-hydrogen) atoms. The third-order valence-corrected chi connectivity index (χ3v) is 15.6. The van der Waals surface area contributed by atoms with Gasteiger partial charge in [-0.15, -0.1) is 0 Å². The molecule has 2 fully saturated rings. The van der Waals surface area contributed by atoms with Gasteiger partial charge >= 0.3 is 8.56 Å². The summed E-state index contributed by atoms with van der Waals surface area (Å²) in [6.45, 7) is 26.2. The van der Waals surface area contributed by atoms with Gasteiger partial charge in [0.05, 0.1) is 31.3 Å². The first-order valence-corrected chi connectivity index (χ1v) is 21.9. The molecule has 0 spiro atoms. The zero-order chi connectivity index (χ0) is 34.4. The molecule has 0 saturated carbocycles. The number of hydrogen-bond acceptors (Lipinski definition) is 9. The average Bonchev–Trinajstić information content (AvgIpc) is 3.53. The van der Waals surface area contributed by atoms with Gasteiger partial charge in [-0.25, -0.2) is 0 Å². The quantitative estimate of drug-likeness (QED) is 0.158. The van der Waals surface area contributed by atoms with Crippen molar-refractivity contribution in [2.24, 2.45) is 0 Å². The molecule has 0 radical (unpaired) electrons. The van der Waals surface area contributed by atoms with E-state index in [4.69, 9.17) is 32.2 Å². The predicted molar refractivity (Wildman–Crippen MR) is 185 cm³/mol. The molecule has 9 nitrogen and oxygen atoms in total. The topological polar surface area (TPSA) is 102 Å². The van der Waals surface area contributed by atoms with Crippen molar-refractivity contribution >= 4 is 39.2 Å². The van der Waals surface area contributed by atoms with Gasteiger partial charge in [0.1, 0.15) is 35.6 Å². The van der Waals surface area contributed by atoms with Gasteiger partial charge in [-0.05, 0) is 51.0 Å². The summed E-state index contributed by atoms with van der Waals surface area (Å²) in [5.74, 6) is 1.72. The van der Waals surface area contributed by atoms with Crippen LogP contribution in [0.2, 0.25) is 29.7 Å². The van der Waals surface area contributed by atoms with Crippen LogP contribution in [0.15, 0.2) is 18.2 Å². The summed E-state index contributed by atoms with van der Waals surface area (Å²) in [7, 11) is -3.75. The minimum atomic E-state index is -3.22. The Labute approximate surface area is 280 Å². The van der Waals surface area contributed by atoms with Crippen molar-refractivity contribution in [2.75, 3.05) is 20.3 Å². The number of benzene rings is 2. The molecule has 0 aromatic heterocycles. The van der Waals surface area contributed by atoms with Gasteiger partial charge in [0.25, 0.3) is 0 Å². The van der Waals surface area contributed by atoms with Crippen molar-refractivity contribution < 1.29 is 41.8 Å². The molecule has 0 N–H and O–H groups in total. The minimum Gasteiger partial charge on any atom is -0.510 e. The molecule has 2 aromatic carbocycles. The highest BCUT2D eigenvalue weighted by Crippen LogP contribution is 2.62. The van der Waals surface area contributed by atoms with E-state index in [1.807, 2.05) is 0 Å². The van der Waals surface area contributed by atoms with E-state index in [1.165, 1.54) is 0 Å². The Hall–Kier alpha value is -2.55. The van der Waals surface area contributed by atoms with E-state index in [9.17, 15) is 9.59 Å². The molecule has 2 aromatic rings. The monoisotopic (exact) mass is 682 g/mol. The largest absolute Gasteiger partial charge is 0.510 e. The second-order valence-electron chi connectivity index (χ2n) is 16.3. The van der Waals surface area contributed by atoms with Crippen molar-refractivity contribution in [2.45, 2.75) is 122 Å². The molecule has 0 bridgehead atoms. The van der Waals surface area contributed by atoms with Crippen molar-refractivity contribution in [3.63, 3.8) is 0 Å². The van der Waals surface area contributed by atoms with Gasteiger partial charge in [0, 0.05) is 38.6 Å². The van der Waals surface area contributed by atoms with Crippen LogP contribution in [-0.4, -0.2) is 67.3 Å². The molecule has 256 valence electrons. The third-order valence-electron chi connectivity index (χ3n) is 9.67. The van der Waals surface area contributed by atoms with E-state index in [1.54, 1.807) is 7.11 Å². The minimum absolute atomic E-state index is 0.0671. The van der Waals surface area contributed by atoms with Gasteiger partial charge in [0.2, 0.25) is 12.1 Å². The number of aryl methyl sites for hydroxylation is 1. The molecule has 3 heterocycles. The summed E-state index contributed by atoms with van der Waals surface area (Å²) < 4.78 is 44.9. The Morgan fingerprint density at radius 2 is 1.64 bits per heavy atom. The summed E-state index contributed by atoms with van der Waals surface area (Å²) in [6, 6.07) is 2.10. The Kier molecular flexibility index (Phi) is 8.41. The lowest BCUT2D eigenvalue weighted by Crippen LogP contribution is -2.63. The van der Waals surface area contributed by atoms with Crippen LogP contribution in [0.4, 0.5) is 0 Å². The SMILES string of the molecule is C=C(C(=O)C1OCCO1)C(O[Si](C)(C)C)[C@H]1OC1c1c(C)cc2c(OC)c3c(c4c2c1O[Si](C(C)(C)C)(C(C)(C)C)O4)C(=O)CCC3. The molecular weight excluding hydrogens is 633 g/mol. The molecular formula is C36H50O9Si2. The molecule has 2 unspecified atom stereocenters. The van der Waals surface area contributed by atoms with E-state index in [0.29, 0.717) is 42.4 Å². The number of carbonyl (C=O) groups excluding carboxylic acids is 2. The van der Waals surface area contributed by atoms with Gasteiger partial charge in [0.15, 0.2) is 14.1 Å². The summed E-state index contributed by atoms with van der Waals surface area (Å²) in [5, 5.41) is 0.846.